The lowest BCUT2D eigenvalue weighted by Gasteiger charge is -2.20. The van der Waals surface area contributed by atoms with Crippen LogP contribution in [-0.2, 0) is 0 Å². The molecule has 0 amide bonds. The third-order valence-electron chi connectivity index (χ3n) is 5.59. The van der Waals surface area contributed by atoms with E-state index in [4.69, 9.17) is 9.98 Å². The Bertz CT molecular complexity index is 1450. The first-order chi connectivity index (χ1) is 15.7. The van der Waals surface area contributed by atoms with E-state index in [-0.39, 0.29) is 0 Å². The summed E-state index contributed by atoms with van der Waals surface area (Å²) < 4.78 is 3.32. The van der Waals surface area contributed by atoms with Crippen molar-refractivity contribution in [3.8, 4) is 17.1 Å². The molecule has 0 atom stereocenters. The Morgan fingerprint density at radius 2 is 1.81 bits per heavy atom. The number of fused-ring (bicyclic) bond motifs is 2. The number of nitrogens with zero attached hydrogens (tertiary/aromatic N) is 4. The zero-order valence-corrected chi connectivity index (χ0v) is 18.8. The van der Waals surface area contributed by atoms with E-state index in [0.29, 0.717) is 6.04 Å². The number of benzene rings is 3. The second-order valence-corrected chi connectivity index (χ2v) is 8.91. The summed E-state index contributed by atoms with van der Waals surface area (Å²) in [5.41, 5.74) is 6.91. The summed E-state index contributed by atoms with van der Waals surface area (Å²) in [5.74, 6) is 0. The average Bonchev–Trinajstić information content (AvgIpc) is 3.64. The van der Waals surface area contributed by atoms with Crippen molar-refractivity contribution in [2.75, 3.05) is 5.32 Å². The van der Waals surface area contributed by atoms with E-state index in [9.17, 15) is 0 Å². The molecular formula is C26H20BrN5. The van der Waals surface area contributed by atoms with Gasteiger partial charge in [-0.15, -0.1) is 0 Å². The molecule has 5 nitrogen and oxygen atoms in total. The molecule has 1 saturated carbocycles. The standard InChI is InChI=1S/C26H20BrN5/c27-17-7-11-20(12-8-17)32-25-6-2-1-5-21(25)31-24-14-22(30-19-4-3-13-28-16-19)23(15-26(24)32)29-18-9-10-18/h1-8,11-16,18,30H,9-10H2. The van der Waals surface area contributed by atoms with Crippen LogP contribution in [0.5, 0.6) is 0 Å². The zero-order chi connectivity index (χ0) is 21.5. The topological polar surface area (TPSA) is 55.1 Å². The number of hydrogen-bond donors (Lipinski definition) is 1. The molecule has 156 valence electrons. The van der Waals surface area contributed by atoms with E-state index in [2.05, 4.69) is 85.4 Å². The number of aromatic nitrogens is 3. The van der Waals surface area contributed by atoms with Crippen molar-refractivity contribution in [1.29, 1.82) is 0 Å². The van der Waals surface area contributed by atoms with E-state index < -0.39 is 0 Å². The van der Waals surface area contributed by atoms with Crippen LogP contribution >= 0.6 is 15.9 Å². The molecule has 1 N–H and O–H groups in total. The first-order valence-electron chi connectivity index (χ1n) is 10.7. The van der Waals surface area contributed by atoms with Crippen molar-refractivity contribution in [1.82, 2.24) is 14.5 Å². The second kappa shape index (κ2) is 7.88. The highest BCUT2D eigenvalue weighted by atomic mass is 79.9. The van der Waals surface area contributed by atoms with Gasteiger partial charge in [-0.3, -0.25) is 9.98 Å². The minimum Gasteiger partial charge on any atom is -0.352 e. The molecule has 1 aromatic heterocycles. The second-order valence-electron chi connectivity index (χ2n) is 8.00. The predicted molar refractivity (Wildman–Crippen MR) is 131 cm³/mol. The summed E-state index contributed by atoms with van der Waals surface area (Å²) in [6.45, 7) is 0. The van der Waals surface area contributed by atoms with Crippen LogP contribution in [-0.4, -0.2) is 20.6 Å². The van der Waals surface area contributed by atoms with Gasteiger partial charge in [-0.25, -0.2) is 4.98 Å². The molecule has 6 heteroatoms. The fourth-order valence-corrected chi connectivity index (χ4v) is 4.17. The van der Waals surface area contributed by atoms with Crippen molar-refractivity contribution < 1.29 is 0 Å². The minimum absolute atomic E-state index is 0.399. The summed E-state index contributed by atoms with van der Waals surface area (Å²) in [6.07, 6.45) is 5.89. The number of nitrogens with one attached hydrogen (secondary N) is 1. The Kier molecular flexibility index (Phi) is 4.72. The number of anilines is 2. The van der Waals surface area contributed by atoms with E-state index in [1.807, 2.05) is 24.4 Å². The highest BCUT2D eigenvalue weighted by molar-refractivity contribution is 9.10. The first kappa shape index (κ1) is 19.2. The molecule has 0 spiro atoms. The van der Waals surface area contributed by atoms with Gasteiger partial charge in [0, 0.05) is 16.4 Å². The molecule has 2 aliphatic carbocycles. The van der Waals surface area contributed by atoms with E-state index >= 15 is 0 Å². The smallest absolute Gasteiger partial charge is 0.0900 e. The lowest BCUT2D eigenvalue weighted by atomic mass is 10.1. The molecule has 2 aromatic carbocycles. The van der Waals surface area contributed by atoms with Crippen LogP contribution in [0.1, 0.15) is 12.8 Å². The van der Waals surface area contributed by atoms with Crippen LogP contribution in [0.15, 0.2) is 94.7 Å². The highest BCUT2D eigenvalue weighted by Crippen LogP contribution is 2.31. The summed E-state index contributed by atoms with van der Waals surface area (Å²) >= 11 is 3.55. The molecule has 0 radical (unpaired) electrons. The third-order valence-corrected chi connectivity index (χ3v) is 6.12. The van der Waals surface area contributed by atoms with Crippen LogP contribution in [0, 0.1) is 0 Å². The van der Waals surface area contributed by atoms with Gasteiger partial charge in [-0.05, 0) is 73.5 Å². The Morgan fingerprint density at radius 1 is 0.969 bits per heavy atom. The molecule has 0 saturated heterocycles. The molecule has 2 heterocycles. The van der Waals surface area contributed by atoms with E-state index in [0.717, 1.165) is 62.2 Å². The summed E-state index contributed by atoms with van der Waals surface area (Å²) in [5, 5.41) is 4.45. The largest absolute Gasteiger partial charge is 0.352 e. The maximum absolute atomic E-state index is 5.01. The van der Waals surface area contributed by atoms with Crippen molar-refractivity contribution in [3.05, 3.63) is 95.0 Å². The van der Waals surface area contributed by atoms with Gasteiger partial charge >= 0.3 is 0 Å². The Hall–Kier alpha value is -3.51. The Labute approximate surface area is 194 Å². The van der Waals surface area contributed by atoms with Crippen molar-refractivity contribution in [3.63, 3.8) is 0 Å². The molecule has 0 unspecified atom stereocenters. The van der Waals surface area contributed by atoms with Gasteiger partial charge in [-0.1, -0.05) is 28.1 Å². The molecule has 3 aromatic rings. The van der Waals surface area contributed by atoms with Crippen LogP contribution in [0.3, 0.4) is 0 Å². The number of rotatable bonds is 4. The molecular weight excluding hydrogens is 462 g/mol. The average molecular weight is 482 g/mol. The first-order valence-corrected chi connectivity index (χ1v) is 11.5. The SMILES string of the molecule is Brc1ccc(-n2c3cc(=NC4CC4)c(Nc4cccnc4)cc-3nc3ccccc32)cc1. The fourth-order valence-electron chi connectivity index (χ4n) is 3.91. The van der Waals surface area contributed by atoms with Gasteiger partial charge in [0.2, 0.25) is 0 Å². The van der Waals surface area contributed by atoms with Gasteiger partial charge in [0.15, 0.2) is 0 Å². The number of para-hydroxylation sites is 2. The Balaban J connectivity index is 1.64. The van der Waals surface area contributed by atoms with Crippen LogP contribution in [0.4, 0.5) is 11.4 Å². The normalized spacial score (nSPS) is 14.2. The third kappa shape index (κ3) is 3.67. The molecule has 1 aliphatic heterocycles. The summed E-state index contributed by atoms with van der Waals surface area (Å²) in [7, 11) is 0. The summed E-state index contributed by atoms with van der Waals surface area (Å²) in [4.78, 5) is 14.2. The predicted octanol–water partition coefficient (Wildman–Crippen LogP) is 6.09. The number of halogens is 1. The maximum atomic E-state index is 5.01. The van der Waals surface area contributed by atoms with Gasteiger partial charge in [-0.2, -0.15) is 0 Å². The maximum Gasteiger partial charge on any atom is 0.0900 e. The van der Waals surface area contributed by atoms with Crippen LogP contribution in [0.25, 0.3) is 28.1 Å². The minimum atomic E-state index is 0.399. The van der Waals surface area contributed by atoms with Gasteiger partial charge in [0.05, 0.1) is 51.4 Å². The molecule has 1 fully saturated rings. The van der Waals surface area contributed by atoms with Crippen LogP contribution in [0.2, 0.25) is 0 Å². The number of pyridine rings is 1. The molecule has 6 rings (SSSR count). The van der Waals surface area contributed by atoms with Gasteiger partial charge in [0.25, 0.3) is 0 Å². The van der Waals surface area contributed by atoms with Crippen molar-refractivity contribution in [2.45, 2.75) is 18.9 Å². The Morgan fingerprint density at radius 3 is 2.59 bits per heavy atom. The monoisotopic (exact) mass is 481 g/mol. The van der Waals surface area contributed by atoms with Gasteiger partial charge < -0.3 is 9.88 Å². The van der Waals surface area contributed by atoms with Crippen molar-refractivity contribution in [2.24, 2.45) is 4.99 Å². The van der Waals surface area contributed by atoms with Crippen LogP contribution < -0.4 is 10.7 Å². The molecule has 3 aliphatic rings. The lowest BCUT2D eigenvalue weighted by Crippen LogP contribution is -2.15. The summed E-state index contributed by atoms with van der Waals surface area (Å²) in [6, 6.07) is 25.2. The highest BCUT2D eigenvalue weighted by Gasteiger charge is 2.21. The zero-order valence-electron chi connectivity index (χ0n) is 17.2. The van der Waals surface area contributed by atoms with E-state index in [1.54, 1.807) is 6.20 Å². The van der Waals surface area contributed by atoms with Gasteiger partial charge in [0.1, 0.15) is 0 Å². The fraction of sp³-hybridized carbons (Fsp3) is 0.115. The lowest BCUT2D eigenvalue weighted by molar-refractivity contribution is 0.997. The molecule has 32 heavy (non-hydrogen) atoms. The number of hydrogen-bond acceptors (Lipinski definition) is 4. The quantitative estimate of drug-likeness (QED) is 0.315. The van der Waals surface area contributed by atoms with E-state index in [1.165, 1.54) is 0 Å². The van der Waals surface area contributed by atoms with Crippen molar-refractivity contribution >= 4 is 38.3 Å². The molecule has 0 bridgehead atoms.